The first-order valence-electron chi connectivity index (χ1n) is 12.7. The van der Waals surface area contributed by atoms with E-state index in [9.17, 15) is 10.2 Å². The van der Waals surface area contributed by atoms with Gasteiger partial charge in [-0.25, -0.2) is 0 Å². The lowest BCUT2D eigenvalue weighted by Gasteiger charge is -2.61. The van der Waals surface area contributed by atoms with E-state index in [-0.39, 0.29) is 11.5 Å². The molecule has 0 amide bonds. The van der Waals surface area contributed by atoms with E-state index in [4.69, 9.17) is 4.42 Å². The van der Waals surface area contributed by atoms with E-state index in [2.05, 4.69) is 20.8 Å². The molecule has 3 nitrogen and oxygen atoms in total. The minimum absolute atomic E-state index is 0.0605. The van der Waals surface area contributed by atoms with Crippen molar-refractivity contribution in [3.05, 3.63) is 24.2 Å². The Hall–Kier alpha value is -0.800. The highest BCUT2D eigenvalue weighted by atomic mass is 16.3. The average molecular weight is 415 g/mol. The van der Waals surface area contributed by atoms with Gasteiger partial charge in [-0.05, 0) is 130 Å². The van der Waals surface area contributed by atoms with E-state index in [1.807, 2.05) is 12.3 Å². The van der Waals surface area contributed by atoms with Crippen LogP contribution in [0.25, 0.3) is 0 Å². The summed E-state index contributed by atoms with van der Waals surface area (Å²) >= 11 is 0. The maximum Gasteiger partial charge on any atom is 0.0934 e. The molecule has 1 unspecified atom stereocenters. The van der Waals surface area contributed by atoms with Crippen LogP contribution in [-0.4, -0.2) is 21.9 Å². The number of aryl methyl sites for hydroxylation is 1. The predicted molar refractivity (Wildman–Crippen MR) is 119 cm³/mol. The fourth-order valence-corrected chi connectivity index (χ4v) is 9.26. The summed E-state index contributed by atoms with van der Waals surface area (Å²) in [6.45, 7) is 7.20. The summed E-state index contributed by atoms with van der Waals surface area (Å²) in [6.07, 6.45) is 16.2. The number of hydrogen-bond donors (Lipinski definition) is 2. The number of aliphatic hydroxyl groups excluding tert-OH is 1. The molecule has 0 saturated heterocycles. The van der Waals surface area contributed by atoms with Gasteiger partial charge in [-0.15, -0.1) is 0 Å². The molecule has 168 valence electrons. The van der Waals surface area contributed by atoms with Crippen molar-refractivity contribution in [2.75, 3.05) is 0 Å². The molecule has 5 rings (SSSR count). The Morgan fingerprint density at radius 1 is 1.03 bits per heavy atom. The molecule has 9 atom stereocenters. The third-order valence-corrected chi connectivity index (χ3v) is 10.9. The molecule has 0 aromatic carbocycles. The van der Waals surface area contributed by atoms with Gasteiger partial charge in [-0.3, -0.25) is 0 Å². The van der Waals surface area contributed by atoms with Crippen LogP contribution in [0.2, 0.25) is 0 Å². The first-order chi connectivity index (χ1) is 14.2. The van der Waals surface area contributed by atoms with Gasteiger partial charge in [-0.1, -0.05) is 13.8 Å². The van der Waals surface area contributed by atoms with Crippen molar-refractivity contribution in [3.8, 4) is 0 Å². The van der Waals surface area contributed by atoms with Crippen molar-refractivity contribution in [3.63, 3.8) is 0 Å². The van der Waals surface area contributed by atoms with Gasteiger partial charge < -0.3 is 14.6 Å². The van der Waals surface area contributed by atoms with Gasteiger partial charge in [0, 0.05) is 0 Å². The molecule has 4 saturated carbocycles. The number of aliphatic hydroxyl groups is 2. The third kappa shape index (κ3) is 3.22. The fourth-order valence-electron chi connectivity index (χ4n) is 9.26. The Balaban J connectivity index is 1.34. The van der Waals surface area contributed by atoms with Crippen LogP contribution in [0.3, 0.4) is 0 Å². The minimum atomic E-state index is -0.607. The monoisotopic (exact) mass is 414 g/mol. The number of furan rings is 1. The molecule has 0 radical (unpaired) electrons. The lowest BCUT2D eigenvalue weighted by molar-refractivity contribution is -0.144. The first kappa shape index (κ1) is 21.1. The molecule has 0 spiro atoms. The van der Waals surface area contributed by atoms with Crippen LogP contribution in [0.15, 0.2) is 23.0 Å². The lowest BCUT2D eigenvalue weighted by atomic mass is 9.44. The summed E-state index contributed by atoms with van der Waals surface area (Å²) in [7, 11) is 0. The minimum Gasteiger partial charge on any atom is -0.472 e. The quantitative estimate of drug-likeness (QED) is 0.637. The molecule has 30 heavy (non-hydrogen) atoms. The summed E-state index contributed by atoms with van der Waals surface area (Å²) in [5.41, 5.74) is 1.30. The topological polar surface area (TPSA) is 53.6 Å². The summed E-state index contributed by atoms with van der Waals surface area (Å²) in [5.74, 6) is 3.56. The van der Waals surface area contributed by atoms with Gasteiger partial charge in [-0.2, -0.15) is 0 Å². The maximum absolute atomic E-state index is 11.6. The molecule has 2 N–H and O–H groups in total. The largest absolute Gasteiger partial charge is 0.472 e. The Kier molecular flexibility index (Phi) is 5.18. The van der Waals surface area contributed by atoms with Gasteiger partial charge in [0.15, 0.2) is 0 Å². The van der Waals surface area contributed by atoms with Gasteiger partial charge >= 0.3 is 0 Å². The molecule has 3 heteroatoms. The molecular formula is C27H42O3. The second-order valence-electron chi connectivity index (χ2n) is 12.2. The molecule has 1 heterocycles. The Labute approximate surface area is 182 Å². The van der Waals surface area contributed by atoms with Crippen molar-refractivity contribution in [2.24, 2.45) is 40.4 Å². The zero-order chi connectivity index (χ0) is 21.1. The Morgan fingerprint density at radius 2 is 1.80 bits per heavy atom. The average Bonchev–Trinajstić information content (AvgIpc) is 3.34. The zero-order valence-corrected chi connectivity index (χ0v) is 19.3. The molecule has 0 aliphatic heterocycles. The lowest BCUT2D eigenvalue weighted by Crippen LogP contribution is -2.55. The van der Waals surface area contributed by atoms with Crippen molar-refractivity contribution in [1.29, 1.82) is 0 Å². The van der Waals surface area contributed by atoms with E-state index >= 15 is 0 Å². The van der Waals surface area contributed by atoms with Crippen LogP contribution in [0, 0.1) is 40.4 Å². The summed E-state index contributed by atoms with van der Waals surface area (Å²) in [4.78, 5) is 0. The van der Waals surface area contributed by atoms with Crippen LogP contribution >= 0.6 is 0 Å². The summed E-state index contributed by atoms with van der Waals surface area (Å²) in [6, 6.07) is 2.03. The second kappa shape index (κ2) is 7.37. The highest BCUT2D eigenvalue weighted by molar-refractivity contribution is 5.13. The van der Waals surface area contributed by atoms with Crippen molar-refractivity contribution in [2.45, 2.75) is 103 Å². The standard InChI is InChI=1S/C27H42O3/c1-25-12-9-20(28)16-19(25)4-5-21-22-6-7-24(26(22,2)13-10-23(21)25)27(3,29)14-8-18-11-15-30-17-18/h11,15,17,19-24,28-29H,4-10,12-14,16H2,1-3H3/t19?,20-,21-,22-,23-,24-,25-,26-,27+/m0/s1. The van der Waals surface area contributed by atoms with Crippen molar-refractivity contribution >= 4 is 0 Å². The maximum atomic E-state index is 11.6. The first-order valence-corrected chi connectivity index (χ1v) is 12.7. The fraction of sp³-hybridized carbons (Fsp3) is 0.852. The predicted octanol–water partition coefficient (Wildman–Crippen LogP) is 5.98. The van der Waals surface area contributed by atoms with E-state index in [0.717, 1.165) is 49.4 Å². The number of hydrogen-bond acceptors (Lipinski definition) is 3. The highest BCUT2D eigenvalue weighted by Gasteiger charge is 2.62. The Bertz CT molecular complexity index is 739. The van der Waals surface area contributed by atoms with Crippen LogP contribution in [-0.2, 0) is 6.42 Å². The van der Waals surface area contributed by atoms with E-state index in [0.29, 0.717) is 11.3 Å². The van der Waals surface area contributed by atoms with E-state index in [1.165, 1.54) is 50.5 Å². The van der Waals surface area contributed by atoms with Crippen LogP contribution in [0.4, 0.5) is 0 Å². The van der Waals surface area contributed by atoms with Crippen LogP contribution < -0.4 is 0 Å². The molecule has 4 fully saturated rings. The molecule has 4 aliphatic carbocycles. The van der Waals surface area contributed by atoms with Gasteiger partial charge in [0.1, 0.15) is 0 Å². The third-order valence-electron chi connectivity index (χ3n) is 10.9. The van der Waals surface area contributed by atoms with Gasteiger partial charge in [0.05, 0.1) is 24.2 Å². The molecule has 4 aliphatic rings. The normalized spacial score (nSPS) is 47.8. The number of fused-ring (bicyclic) bond motifs is 5. The second-order valence-corrected chi connectivity index (χ2v) is 12.2. The molecule has 1 aromatic rings. The summed E-state index contributed by atoms with van der Waals surface area (Å²) < 4.78 is 5.23. The number of rotatable bonds is 4. The highest BCUT2D eigenvalue weighted by Crippen LogP contribution is 2.68. The van der Waals surface area contributed by atoms with E-state index < -0.39 is 5.60 Å². The molecule has 0 bridgehead atoms. The van der Waals surface area contributed by atoms with Gasteiger partial charge in [0.25, 0.3) is 0 Å². The smallest absolute Gasteiger partial charge is 0.0934 e. The summed E-state index contributed by atoms with van der Waals surface area (Å²) in [5, 5.41) is 21.9. The van der Waals surface area contributed by atoms with Crippen LogP contribution in [0.1, 0.15) is 90.5 Å². The van der Waals surface area contributed by atoms with E-state index in [1.54, 1.807) is 6.26 Å². The van der Waals surface area contributed by atoms with Crippen molar-refractivity contribution < 1.29 is 14.6 Å². The van der Waals surface area contributed by atoms with Crippen molar-refractivity contribution in [1.82, 2.24) is 0 Å². The Morgan fingerprint density at radius 3 is 2.57 bits per heavy atom. The molecule has 1 aromatic heterocycles. The van der Waals surface area contributed by atoms with Gasteiger partial charge in [0.2, 0.25) is 0 Å². The SMILES string of the molecule is C[C@]12CC[C@H]3[C@@H](CCC4C[C@@H](O)CC[C@@]43C)[C@@H]1CC[C@@H]2[C@](C)(O)CCc1ccoc1. The zero-order valence-electron chi connectivity index (χ0n) is 19.3. The molecular weight excluding hydrogens is 372 g/mol. The van der Waals surface area contributed by atoms with Crippen LogP contribution in [0.5, 0.6) is 0 Å².